The molecule has 1 unspecified atom stereocenters. The second kappa shape index (κ2) is 7.55. The second-order valence-corrected chi connectivity index (χ2v) is 5.86. The van der Waals surface area contributed by atoms with E-state index < -0.39 is 5.97 Å². The summed E-state index contributed by atoms with van der Waals surface area (Å²) < 4.78 is 13.5. The predicted octanol–water partition coefficient (Wildman–Crippen LogP) is 3.85. The minimum atomic E-state index is -0.689. The lowest BCUT2D eigenvalue weighted by Gasteiger charge is -2.37. The summed E-state index contributed by atoms with van der Waals surface area (Å²) >= 11 is 0. The number of unbranched alkanes of at least 4 members (excludes halogenated alkanes) is 1. The molecule has 4 heteroatoms. The van der Waals surface area contributed by atoms with E-state index in [1.165, 1.54) is 6.07 Å². The van der Waals surface area contributed by atoms with E-state index in [0.717, 1.165) is 37.9 Å². The number of aliphatic carboxylic acids is 1. The van der Waals surface area contributed by atoms with Crippen LogP contribution in [0, 0.1) is 11.7 Å². The van der Waals surface area contributed by atoms with Crippen LogP contribution < -0.4 is 0 Å². The van der Waals surface area contributed by atoms with Gasteiger partial charge >= 0.3 is 5.97 Å². The maximum Gasteiger partial charge on any atom is 0.306 e. The highest BCUT2D eigenvalue weighted by atomic mass is 19.1. The van der Waals surface area contributed by atoms with Crippen molar-refractivity contribution < 1.29 is 14.3 Å². The van der Waals surface area contributed by atoms with Gasteiger partial charge in [-0.1, -0.05) is 31.9 Å². The first-order valence-electron chi connectivity index (χ1n) is 7.84. The van der Waals surface area contributed by atoms with E-state index in [0.29, 0.717) is 12.8 Å². The summed E-state index contributed by atoms with van der Waals surface area (Å²) in [5.41, 5.74) is 1.01. The molecule has 0 aliphatic carbocycles. The van der Waals surface area contributed by atoms with Crippen LogP contribution in [0.1, 0.15) is 50.6 Å². The van der Waals surface area contributed by atoms with Gasteiger partial charge in [-0.25, -0.2) is 4.39 Å². The monoisotopic (exact) mass is 293 g/mol. The van der Waals surface area contributed by atoms with Gasteiger partial charge in [0, 0.05) is 6.04 Å². The number of likely N-dealkylation sites (tertiary alicyclic amines) is 1. The van der Waals surface area contributed by atoms with Crippen molar-refractivity contribution in [3.63, 3.8) is 0 Å². The van der Waals surface area contributed by atoms with Gasteiger partial charge in [-0.3, -0.25) is 9.69 Å². The fourth-order valence-corrected chi connectivity index (χ4v) is 3.13. The van der Waals surface area contributed by atoms with Gasteiger partial charge in [-0.15, -0.1) is 0 Å². The van der Waals surface area contributed by atoms with Gasteiger partial charge in [0.1, 0.15) is 5.82 Å². The molecular formula is C17H24FNO2. The van der Waals surface area contributed by atoms with Crippen molar-refractivity contribution in [3.05, 3.63) is 35.6 Å². The smallest absolute Gasteiger partial charge is 0.306 e. The molecule has 1 saturated heterocycles. The number of hydrogen-bond acceptors (Lipinski definition) is 2. The SMILES string of the molecule is CCCCC(c1cccc(F)c1)N1CCC(C(=O)O)CC1. The highest BCUT2D eigenvalue weighted by Gasteiger charge is 2.29. The van der Waals surface area contributed by atoms with Gasteiger partial charge in [-0.2, -0.15) is 0 Å². The molecule has 116 valence electrons. The van der Waals surface area contributed by atoms with Crippen molar-refractivity contribution in [1.82, 2.24) is 4.90 Å². The Labute approximate surface area is 125 Å². The van der Waals surface area contributed by atoms with Gasteiger partial charge in [0.2, 0.25) is 0 Å². The molecule has 1 aromatic carbocycles. The number of piperidine rings is 1. The molecule has 0 saturated carbocycles. The Morgan fingerprint density at radius 3 is 2.71 bits per heavy atom. The summed E-state index contributed by atoms with van der Waals surface area (Å²) in [5.74, 6) is -1.11. The van der Waals surface area contributed by atoms with E-state index in [-0.39, 0.29) is 17.8 Å². The molecule has 1 atom stereocenters. The highest BCUT2D eigenvalue weighted by Crippen LogP contribution is 2.31. The maximum atomic E-state index is 13.5. The van der Waals surface area contributed by atoms with Crippen LogP contribution in [0.25, 0.3) is 0 Å². The van der Waals surface area contributed by atoms with Crippen LogP contribution in [-0.4, -0.2) is 29.1 Å². The molecule has 1 aliphatic heterocycles. The molecule has 0 bridgehead atoms. The van der Waals surface area contributed by atoms with Crippen LogP contribution in [0.5, 0.6) is 0 Å². The minimum Gasteiger partial charge on any atom is -0.481 e. The lowest BCUT2D eigenvalue weighted by atomic mass is 9.92. The van der Waals surface area contributed by atoms with E-state index in [9.17, 15) is 9.18 Å². The number of rotatable bonds is 6. The van der Waals surface area contributed by atoms with Crippen LogP contribution >= 0.6 is 0 Å². The topological polar surface area (TPSA) is 40.5 Å². The molecule has 1 N–H and O–H groups in total. The minimum absolute atomic E-state index is 0.200. The molecule has 1 aromatic rings. The Kier molecular flexibility index (Phi) is 5.74. The summed E-state index contributed by atoms with van der Waals surface area (Å²) in [5, 5.41) is 9.09. The molecule has 2 rings (SSSR count). The molecule has 0 radical (unpaired) electrons. The largest absolute Gasteiger partial charge is 0.481 e. The fourth-order valence-electron chi connectivity index (χ4n) is 3.13. The average molecular weight is 293 g/mol. The lowest BCUT2D eigenvalue weighted by molar-refractivity contribution is -0.143. The Hall–Kier alpha value is -1.42. The number of benzene rings is 1. The van der Waals surface area contributed by atoms with Gasteiger partial charge in [0.25, 0.3) is 0 Å². The number of nitrogens with zero attached hydrogens (tertiary/aromatic N) is 1. The summed E-state index contributed by atoms with van der Waals surface area (Å²) in [7, 11) is 0. The lowest BCUT2D eigenvalue weighted by Crippen LogP contribution is -2.38. The molecule has 0 spiro atoms. The molecule has 21 heavy (non-hydrogen) atoms. The number of halogens is 1. The summed E-state index contributed by atoms with van der Waals surface area (Å²) in [6, 6.07) is 7.02. The van der Waals surface area contributed by atoms with Crippen molar-refractivity contribution >= 4 is 5.97 Å². The highest BCUT2D eigenvalue weighted by molar-refractivity contribution is 5.70. The Morgan fingerprint density at radius 2 is 2.14 bits per heavy atom. The third-order valence-electron chi connectivity index (χ3n) is 4.38. The van der Waals surface area contributed by atoms with Crippen LogP contribution in [-0.2, 0) is 4.79 Å². The molecule has 1 heterocycles. The van der Waals surface area contributed by atoms with E-state index in [4.69, 9.17) is 5.11 Å². The quantitative estimate of drug-likeness (QED) is 0.866. The van der Waals surface area contributed by atoms with E-state index in [1.54, 1.807) is 12.1 Å². The molecular weight excluding hydrogens is 269 g/mol. The zero-order valence-corrected chi connectivity index (χ0v) is 12.6. The standard InChI is InChI=1S/C17H24FNO2/c1-2-3-7-16(14-5-4-6-15(18)12-14)19-10-8-13(9-11-19)17(20)21/h4-6,12-13,16H,2-3,7-11H2,1H3,(H,20,21). The molecule has 0 aromatic heterocycles. The zero-order valence-electron chi connectivity index (χ0n) is 12.6. The van der Waals surface area contributed by atoms with E-state index in [1.807, 2.05) is 6.07 Å². The van der Waals surface area contributed by atoms with E-state index in [2.05, 4.69) is 11.8 Å². The van der Waals surface area contributed by atoms with Crippen LogP contribution in [0.15, 0.2) is 24.3 Å². The summed E-state index contributed by atoms with van der Waals surface area (Å²) in [6.45, 7) is 3.71. The van der Waals surface area contributed by atoms with Gasteiger partial charge in [-0.05, 0) is 50.0 Å². The average Bonchev–Trinajstić information content (AvgIpc) is 2.48. The Morgan fingerprint density at radius 1 is 1.43 bits per heavy atom. The third kappa shape index (κ3) is 4.27. The van der Waals surface area contributed by atoms with Crippen molar-refractivity contribution in [3.8, 4) is 0 Å². The van der Waals surface area contributed by atoms with Gasteiger partial charge < -0.3 is 5.11 Å². The Bertz CT molecular complexity index is 470. The zero-order chi connectivity index (χ0) is 15.2. The van der Waals surface area contributed by atoms with Crippen molar-refractivity contribution in [2.24, 2.45) is 5.92 Å². The second-order valence-electron chi connectivity index (χ2n) is 5.86. The van der Waals surface area contributed by atoms with Crippen LogP contribution in [0.4, 0.5) is 4.39 Å². The molecule has 1 aliphatic rings. The van der Waals surface area contributed by atoms with Crippen molar-refractivity contribution in [2.75, 3.05) is 13.1 Å². The first-order valence-corrected chi connectivity index (χ1v) is 7.84. The third-order valence-corrected chi connectivity index (χ3v) is 4.38. The number of carbonyl (C=O) groups is 1. The number of carboxylic acids is 1. The van der Waals surface area contributed by atoms with Crippen molar-refractivity contribution in [1.29, 1.82) is 0 Å². The Balaban J connectivity index is 2.08. The van der Waals surface area contributed by atoms with Crippen LogP contribution in [0.3, 0.4) is 0 Å². The van der Waals surface area contributed by atoms with Crippen molar-refractivity contribution in [2.45, 2.75) is 45.1 Å². The maximum absolute atomic E-state index is 13.5. The first-order chi connectivity index (χ1) is 10.1. The normalized spacial score (nSPS) is 18.6. The van der Waals surface area contributed by atoms with Gasteiger partial charge in [0.05, 0.1) is 5.92 Å². The number of carboxylic acid groups (broad SMARTS) is 1. The molecule has 0 amide bonds. The molecule has 3 nitrogen and oxygen atoms in total. The molecule has 1 fully saturated rings. The number of hydrogen-bond donors (Lipinski definition) is 1. The van der Waals surface area contributed by atoms with Gasteiger partial charge in [0.15, 0.2) is 0 Å². The van der Waals surface area contributed by atoms with Crippen LogP contribution in [0.2, 0.25) is 0 Å². The van der Waals surface area contributed by atoms with E-state index >= 15 is 0 Å². The summed E-state index contributed by atoms with van der Waals surface area (Å²) in [6.07, 6.45) is 4.58. The summed E-state index contributed by atoms with van der Waals surface area (Å²) in [4.78, 5) is 13.4. The fraction of sp³-hybridized carbons (Fsp3) is 0.588. The first kappa shape index (κ1) is 16.0. The predicted molar refractivity (Wildman–Crippen MR) is 80.6 cm³/mol.